The topological polar surface area (TPSA) is 42.4 Å². The van der Waals surface area contributed by atoms with Gasteiger partial charge in [-0.25, -0.2) is 4.79 Å². The third-order valence-corrected chi connectivity index (χ3v) is 8.96. The Labute approximate surface area is 291 Å². The summed E-state index contributed by atoms with van der Waals surface area (Å²) < 4.78 is 5.85. The van der Waals surface area contributed by atoms with Crippen LogP contribution in [0.2, 0.25) is 0 Å². The van der Waals surface area contributed by atoms with Crippen LogP contribution >= 0.6 is 0 Å². The van der Waals surface area contributed by atoms with Crippen molar-refractivity contribution in [1.29, 1.82) is 0 Å². The maximum atomic E-state index is 13.3. The summed E-state index contributed by atoms with van der Waals surface area (Å²) >= 11 is 0. The molecule has 0 fully saturated rings. The molecule has 4 aromatic rings. The molecule has 0 aliphatic heterocycles. The second-order valence-electron chi connectivity index (χ2n) is 17.6. The van der Waals surface area contributed by atoms with Gasteiger partial charge in [0.15, 0.2) is 0 Å². The number of hydrogen-bond acceptors (Lipinski definition) is 4. The average Bonchev–Trinajstić information content (AvgIpc) is 2.99. The van der Waals surface area contributed by atoms with E-state index in [0.717, 1.165) is 36.3 Å². The smallest absolute Gasteiger partial charge is 0.338 e. The van der Waals surface area contributed by atoms with Crippen LogP contribution in [0.25, 0.3) is 0 Å². The van der Waals surface area contributed by atoms with Gasteiger partial charge in [-0.1, -0.05) is 138 Å². The van der Waals surface area contributed by atoms with Gasteiger partial charge in [0, 0.05) is 32.0 Å². The zero-order valence-electron chi connectivity index (χ0n) is 31.6. The standard InChI is InChI=1S/C44H58N2O2/c1-41(2,3)36-20-34(21-37(24-36)42(4,5)6)29-46(28-33-14-13-19-45-26-33)27-31-15-17-32(18-16-31)30-48-40(47)35-22-38(43(7,8)9)25-39(23-35)44(10,11)12/h13-26H,27-30H2,1-12H3. The summed E-state index contributed by atoms with van der Waals surface area (Å²) in [4.78, 5) is 20.1. The lowest BCUT2D eigenvalue weighted by molar-refractivity contribution is 0.0472. The van der Waals surface area contributed by atoms with Gasteiger partial charge in [0.05, 0.1) is 5.56 Å². The first-order valence-corrected chi connectivity index (χ1v) is 17.4. The molecule has 3 aromatic carbocycles. The number of pyridine rings is 1. The second kappa shape index (κ2) is 14.4. The third kappa shape index (κ3) is 10.4. The zero-order valence-corrected chi connectivity index (χ0v) is 31.6. The number of nitrogens with zero attached hydrogens (tertiary/aromatic N) is 2. The molecule has 0 amide bonds. The quantitative estimate of drug-likeness (QED) is 0.170. The van der Waals surface area contributed by atoms with Crippen molar-refractivity contribution in [3.05, 3.63) is 135 Å². The van der Waals surface area contributed by atoms with E-state index in [1.165, 1.54) is 27.8 Å². The number of carbonyl (C=O) groups excluding carboxylic acids is 1. The molecule has 256 valence electrons. The Morgan fingerprint density at radius 3 is 1.46 bits per heavy atom. The highest BCUT2D eigenvalue weighted by molar-refractivity contribution is 5.90. The number of benzene rings is 3. The lowest BCUT2D eigenvalue weighted by atomic mass is 9.79. The van der Waals surface area contributed by atoms with Gasteiger partial charge in [0.2, 0.25) is 0 Å². The summed E-state index contributed by atoms with van der Waals surface area (Å²) in [5, 5.41) is 0. The molecule has 0 spiro atoms. The van der Waals surface area contributed by atoms with Crippen molar-refractivity contribution in [2.24, 2.45) is 0 Å². The van der Waals surface area contributed by atoms with Crippen molar-refractivity contribution in [3.8, 4) is 0 Å². The predicted octanol–water partition coefficient (Wildman–Crippen LogP) is 10.8. The monoisotopic (exact) mass is 646 g/mol. The Hall–Kier alpha value is -3.76. The highest BCUT2D eigenvalue weighted by Crippen LogP contribution is 2.32. The molecular weight excluding hydrogens is 588 g/mol. The van der Waals surface area contributed by atoms with Crippen molar-refractivity contribution in [2.45, 2.75) is 131 Å². The minimum Gasteiger partial charge on any atom is -0.457 e. The minimum atomic E-state index is -0.287. The van der Waals surface area contributed by atoms with E-state index >= 15 is 0 Å². The van der Waals surface area contributed by atoms with Crippen molar-refractivity contribution in [1.82, 2.24) is 9.88 Å². The summed E-state index contributed by atoms with van der Waals surface area (Å²) in [5.74, 6) is -0.287. The Balaban J connectivity index is 1.52. The summed E-state index contributed by atoms with van der Waals surface area (Å²) in [5.41, 5.74) is 10.3. The third-order valence-electron chi connectivity index (χ3n) is 8.96. The molecule has 4 rings (SSSR count). The van der Waals surface area contributed by atoms with E-state index in [1.54, 1.807) is 0 Å². The van der Waals surface area contributed by atoms with Gasteiger partial charge in [0.1, 0.15) is 6.61 Å². The number of carbonyl (C=O) groups is 1. The van der Waals surface area contributed by atoms with Gasteiger partial charge in [-0.3, -0.25) is 9.88 Å². The van der Waals surface area contributed by atoms with Gasteiger partial charge in [-0.2, -0.15) is 0 Å². The van der Waals surface area contributed by atoms with Crippen LogP contribution in [0.1, 0.15) is 138 Å². The van der Waals surface area contributed by atoms with Crippen molar-refractivity contribution < 1.29 is 9.53 Å². The maximum Gasteiger partial charge on any atom is 0.338 e. The van der Waals surface area contributed by atoms with Crippen LogP contribution in [0.15, 0.2) is 85.2 Å². The molecule has 0 bridgehead atoms. The molecule has 0 unspecified atom stereocenters. The fourth-order valence-electron chi connectivity index (χ4n) is 5.67. The second-order valence-corrected chi connectivity index (χ2v) is 17.6. The zero-order chi connectivity index (χ0) is 35.5. The lowest BCUT2D eigenvalue weighted by Gasteiger charge is -2.28. The largest absolute Gasteiger partial charge is 0.457 e. The summed E-state index contributed by atoms with van der Waals surface area (Å²) in [7, 11) is 0. The van der Waals surface area contributed by atoms with Crippen LogP contribution in [0.3, 0.4) is 0 Å². The molecule has 4 nitrogen and oxygen atoms in total. The first kappa shape index (κ1) is 37.1. The molecule has 0 saturated carbocycles. The minimum absolute atomic E-state index is 0.0632. The molecule has 0 atom stereocenters. The van der Waals surface area contributed by atoms with Gasteiger partial charge < -0.3 is 4.74 Å². The van der Waals surface area contributed by atoms with Gasteiger partial charge in [0.25, 0.3) is 0 Å². The van der Waals surface area contributed by atoms with Crippen LogP contribution < -0.4 is 0 Å². The number of esters is 1. The first-order valence-electron chi connectivity index (χ1n) is 17.4. The van der Waals surface area contributed by atoms with E-state index in [9.17, 15) is 4.79 Å². The van der Waals surface area contributed by atoms with E-state index in [0.29, 0.717) is 5.56 Å². The SMILES string of the molecule is CC(C)(C)c1cc(CN(Cc2ccc(COC(=O)c3cc(C(C)(C)C)cc(C(C)(C)C)c3)cc2)Cc2cccnc2)cc(C(C)(C)C)c1. The molecule has 4 heteroatoms. The van der Waals surface area contributed by atoms with Gasteiger partial charge in [-0.05, 0) is 84.4 Å². The van der Waals surface area contributed by atoms with Crippen LogP contribution in [-0.2, 0) is 52.6 Å². The summed E-state index contributed by atoms with van der Waals surface area (Å²) in [6.45, 7) is 29.4. The van der Waals surface area contributed by atoms with Crippen molar-refractivity contribution >= 4 is 5.97 Å². The maximum absolute atomic E-state index is 13.3. The predicted molar refractivity (Wildman–Crippen MR) is 200 cm³/mol. The first-order chi connectivity index (χ1) is 22.2. The Morgan fingerprint density at radius 1 is 0.562 bits per heavy atom. The van der Waals surface area contributed by atoms with E-state index in [1.807, 2.05) is 30.6 Å². The highest BCUT2D eigenvalue weighted by atomic mass is 16.5. The molecular formula is C44H58N2O2. The number of aromatic nitrogens is 1. The number of rotatable bonds is 9. The molecule has 1 aromatic heterocycles. The van der Waals surface area contributed by atoms with E-state index in [4.69, 9.17) is 4.74 Å². The molecule has 48 heavy (non-hydrogen) atoms. The number of hydrogen-bond donors (Lipinski definition) is 0. The lowest BCUT2D eigenvalue weighted by Crippen LogP contribution is -2.24. The van der Waals surface area contributed by atoms with E-state index < -0.39 is 0 Å². The van der Waals surface area contributed by atoms with E-state index in [-0.39, 0.29) is 34.2 Å². The van der Waals surface area contributed by atoms with E-state index in [2.05, 4.69) is 148 Å². The van der Waals surface area contributed by atoms with Crippen LogP contribution in [0.4, 0.5) is 0 Å². The fourth-order valence-corrected chi connectivity index (χ4v) is 5.67. The van der Waals surface area contributed by atoms with Gasteiger partial charge in [-0.15, -0.1) is 0 Å². The fraction of sp³-hybridized carbons (Fsp3) is 0.455. The van der Waals surface area contributed by atoms with Crippen LogP contribution in [0.5, 0.6) is 0 Å². The molecule has 0 N–H and O–H groups in total. The van der Waals surface area contributed by atoms with Crippen molar-refractivity contribution in [2.75, 3.05) is 0 Å². The molecule has 0 aliphatic rings. The highest BCUT2D eigenvalue weighted by Gasteiger charge is 2.24. The normalized spacial score (nSPS) is 12.8. The summed E-state index contributed by atoms with van der Waals surface area (Å²) in [6, 6.07) is 25.9. The molecule has 1 heterocycles. The Kier molecular flexibility index (Phi) is 11.1. The van der Waals surface area contributed by atoms with Crippen molar-refractivity contribution in [3.63, 3.8) is 0 Å². The Morgan fingerprint density at radius 2 is 1.00 bits per heavy atom. The molecule has 0 saturated heterocycles. The van der Waals surface area contributed by atoms with Crippen LogP contribution in [-0.4, -0.2) is 15.9 Å². The number of ether oxygens (including phenoxy) is 1. The van der Waals surface area contributed by atoms with Crippen LogP contribution in [0, 0.1) is 0 Å². The average molecular weight is 647 g/mol. The van der Waals surface area contributed by atoms with Gasteiger partial charge >= 0.3 is 5.97 Å². The summed E-state index contributed by atoms with van der Waals surface area (Å²) in [6.07, 6.45) is 3.78. The molecule has 0 aliphatic carbocycles. The Bertz CT molecular complexity index is 1610. The molecule has 0 radical (unpaired) electrons.